The van der Waals surface area contributed by atoms with Gasteiger partial charge in [0.15, 0.2) is 0 Å². The van der Waals surface area contributed by atoms with E-state index in [9.17, 15) is 5.11 Å². The number of hydrogen-bond acceptors (Lipinski definition) is 4. The number of aliphatic hydroxyl groups is 1. The second-order valence-corrected chi connectivity index (χ2v) is 4.39. The smallest absolute Gasteiger partial charge is 0.122 e. The SMILES string of the molecule is COc1cc(OC)cc(C(O)c2cn(C)nc2C)c1. The van der Waals surface area contributed by atoms with Crippen LogP contribution in [0.3, 0.4) is 0 Å². The van der Waals surface area contributed by atoms with Gasteiger partial charge in [0, 0.05) is 24.9 Å². The second kappa shape index (κ2) is 5.32. The van der Waals surface area contributed by atoms with E-state index < -0.39 is 6.10 Å². The number of ether oxygens (including phenoxy) is 2. The third-order valence-electron chi connectivity index (χ3n) is 3.04. The first-order valence-corrected chi connectivity index (χ1v) is 5.96. The summed E-state index contributed by atoms with van der Waals surface area (Å²) in [6.45, 7) is 1.87. The minimum atomic E-state index is -0.752. The van der Waals surface area contributed by atoms with Crippen molar-refractivity contribution in [2.75, 3.05) is 14.2 Å². The van der Waals surface area contributed by atoms with Gasteiger partial charge >= 0.3 is 0 Å². The Labute approximate surface area is 112 Å². The molecular weight excluding hydrogens is 244 g/mol. The summed E-state index contributed by atoms with van der Waals surface area (Å²) in [6, 6.07) is 5.35. The maximum Gasteiger partial charge on any atom is 0.122 e. The van der Waals surface area contributed by atoms with E-state index in [0.717, 1.165) is 11.3 Å². The summed E-state index contributed by atoms with van der Waals surface area (Å²) in [6.07, 6.45) is 1.06. The fourth-order valence-corrected chi connectivity index (χ4v) is 2.05. The predicted octanol–water partition coefficient (Wildman–Crippen LogP) is 1.83. The molecule has 5 nitrogen and oxygen atoms in total. The van der Waals surface area contributed by atoms with Crippen molar-refractivity contribution in [2.24, 2.45) is 7.05 Å². The molecule has 102 valence electrons. The molecule has 0 amide bonds. The van der Waals surface area contributed by atoms with E-state index in [-0.39, 0.29) is 0 Å². The molecule has 5 heteroatoms. The molecule has 1 unspecified atom stereocenters. The lowest BCUT2D eigenvalue weighted by Gasteiger charge is -2.13. The maximum absolute atomic E-state index is 10.5. The molecule has 19 heavy (non-hydrogen) atoms. The third-order valence-corrected chi connectivity index (χ3v) is 3.04. The van der Waals surface area contributed by atoms with Gasteiger partial charge in [-0.15, -0.1) is 0 Å². The van der Waals surface area contributed by atoms with Crippen LogP contribution in [-0.2, 0) is 7.05 Å². The van der Waals surface area contributed by atoms with Crippen molar-refractivity contribution >= 4 is 0 Å². The standard InChI is InChI=1S/C14H18N2O3/c1-9-13(8-16(2)15-9)14(17)10-5-11(18-3)7-12(6-10)19-4/h5-8,14,17H,1-4H3. The average molecular weight is 262 g/mol. The Morgan fingerprint density at radius 3 is 2.16 bits per heavy atom. The van der Waals surface area contributed by atoms with Crippen LogP contribution in [0.2, 0.25) is 0 Å². The van der Waals surface area contributed by atoms with Crippen molar-refractivity contribution in [2.45, 2.75) is 13.0 Å². The van der Waals surface area contributed by atoms with Crippen molar-refractivity contribution in [1.82, 2.24) is 9.78 Å². The van der Waals surface area contributed by atoms with Crippen LogP contribution < -0.4 is 9.47 Å². The van der Waals surface area contributed by atoms with Crippen molar-refractivity contribution in [3.05, 3.63) is 41.2 Å². The molecule has 0 saturated heterocycles. The van der Waals surface area contributed by atoms with Crippen molar-refractivity contribution in [3.8, 4) is 11.5 Å². The number of aromatic nitrogens is 2. The van der Waals surface area contributed by atoms with Gasteiger partial charge in [0.2, 0.25) is 0 Å². The normalized spacial score (nSPS) is 12.3. The highest BCUT2D eigenvalue weighted by Crippen LogP contribution is 2.30. The Morgan fingerprint density at radius 2 is 1.74 bits per heavy atom. The molecule has 1 aromatic heterocycles. The van der Waals surface area contributed by atoms with Gasteiger partial charge in [-0.3, -0.25) is 4.68 Å². The fraction of sp³-hybridized carbons (Fsp3) is 0.357. The highest BCUT2D eigenvalue weighted by Gasteiger charge is 2.17. The Kier molecular flexibility index (Phi) is 3.76. The number of aryl methyl sites for hydroxylation is 2. The van der Waals surface area contributed by atoms with Crippen molar-refractivity contribution in [1.29, 1.82) is 0 Å². The Morgan fingerprint density at radius 1 is 1.16 bits per heavy atom. The average Bonchev–Trinajstić information content (AvgIpc) is 2.76. The van der Waals surface area contributed by atoms with Crippen LogP contribution in [0.5, 0.6) is 11.5 Å². The molecule has 0 saturated carbocycles. The fourth-order valence-electron chi connectivity index (χ4n) is 2.05. The Bertz CT molecular complexity index is 556. The molecule has 0 aliphatic rings. The molecule has 1 aromatic carbocycles. The summed E-state index contributed by atoms with van der Waals surface area (Å²) in [4.78, 5) is 0. The number of rotatable bonds is 4. The van der Waals surface area contributed by atoms with Gasteiger partial charge in [0.1, 0.15) is 17.6 Å². The zero-order chi connectivity index (χ0) is 14.0. The van der Waals surface area contributed by atoms with Crippen LogP contribution >= 0.6 is 0 Å². The minimum absolute atomic E-state index is 0.648. The molecular formula is C14H18N2O3. The molecule has 2 aromatic rings. The second-order valence-electron chi connectivity index (χ2n) is 4.39. The first-order chi connectivity index (χ1) is 9.05. The monoisotopic (exact) mass is 262 g/mol. The molecule has 1 heterocycles. The summed E-state index contributed by atoms with van der Waals surface area (Å²) in [5.74, 6) is 1.30. The highest BCUT2D eigenvalue weighted by atomic mass is 16.5. The van der Waals surface area contributed by atoms with Crippen LogP contribution in [0.15, 0.2) is 24.4 Å². The first kappa shape index (κ1) is 13.4. The molecule has 0 aliphatic carbocycles. The van der Waals surface area contributed by atoms with E-state index in [4.69, 9.17) is 9.47 Å². The van der Waals surface area contributed by atoms with Crippen LogP contribution in [0.1, 0.15) is 22.9 Å². The zero-order valence-electron chi connectivity index (χ0n) is 11.5. The Hall–Kier alpha value is -2.01. The van der Waals surface area contributed by atoms with Crippen molar-refractivity contribution < 1.29 is 14.6 Å². The van der Waals surface area contributed by atoms with E-state index in [1.54, 1.807) is 37.1 Å². The van der Waals surface area contributed by atoms with E-state index in [1.807, 2.05) is 20.2 Å². The van der Waals surface area contributed by atoms with Gasteiger partial charge in [-0.1, -0.05) is 0 Å². The lowest BCUT2D eigenvalue weighted by atomic mass is 10.0. The van der Waals surface area contributed by atoms with Crippen LogP contribution in [0, 0.1) is 6.92 Å². The summed E-state index contributed by atoms with van der Waals surface area (Å²) >= 11 is 0. The molecule has 0 fully saturated rings. The van der Waals surface area contributed by atoms with E-state index in [2.05, 4.69) is 5.10 Å². The van der Waals surface area contributed by atoms with Gasteiger partial charge in [0.25, 0.3) is 0 Å². The van der Waals surface area contributed by atoms with Crippen molar-refractivity contribution in [3.63, 3.8) is 0 Å². The summed E-state index contributed by atoms with van der Waals surface area (Å²) in [7, 11) is 5.00. The van der Waals surface area contributed by atoms with Gasteiger partial charge < -0.3 is 14.6 Å². The maximum atomic E-state index is 10.5. The Balaban J connectivity index is 2.43. The van der Waals surface area contributed by atoms with E-state index >= 15 is 0 Å². The van der Waals surface area contributed by atoms with Gasteiger partial charge in [-0.25, -0.2) is 0 Å². The largest absolute Gasteiger partial charge is 0.497 e. The van der Waals surface area contributed by atoms with E-state index in [1.165, 1.54) is 0 Å². The molecule has 0 spiro atoms. The van der Waals surface area contributed by atoms with Crippen LogP contribution in [-0.4, -0.2) is 29.1 Å². The predicted molar refractivity (Wildman–Crippen MR) is 71.6 cm³/mol. The first-order valence-electron chi connectivity index (χ1n) is 5.96. The lowest BCUT2D eigenvalue weighted by Crippen LogP contribution is -2.01. The zero-order valence-corrected chi connectivity index (χ0v) is 11.5. The number of methoxy groups -OCH3 is 2. The number of hydrogen-bond donors (Lipinski definition) is 1. The quantitative estimate of drug-likeness (QED) is 0.913. The lowest BCUT2D eigenvalue weighted by molar-refractivity contribution is 0.218. The summed E-state index contributed by atoms with van der Waals surface area (Å²) in [5, 5.41) is 14.7. The third kappa shape index (κ3) is 2.71. The highest BCUT2D eigenvalue weighted by molar-refractivity contribution is 5.42. The molecule has 1 N–H and O–H groups in total. The topological polar surface area (TPSA) is 56.5 Å². The van der Waals surface area contributed by atoms with Gasteiger partial charge in [0.05, 0.1) is 19.9 Å². The molecule has 0 bridgehead atoms. The minimum Gasteiger partial charge on any atom is -0.497 e. The summed E-state index contributed by atoms with van der Waals surface area (Å²) in [5.41, 5.74) is 2.29. The van der Waals surface area contributed by atoms with Gasteiger partial charge in [-0.05, 0) is 24.6 Å². The molecule has 0 radical (unpaired) electrons. The molecule has 0 aliphatic heterocycles. The summed E-state index contributed by atoms with van der Waals surface area (Å²) < 4.78 is 12.1. The molecule has 2 rings (SSSR count). The van der Waals surface area contributed by atoms with Gasteiger partial charge in [-0.2, -0.15) is 5.10 Å². The number of benzene rings is 1. The number of aliphatic hydroxyl groups excluding tert-OH is 1. The van der Waals surface area contributed by atoms with Crippen LogP contribution in [0.4, 0.5) is 0 Å². The molecule has 1 atom stereocenters. The van der Waals surface area contributed by atoms with E-state index in [0.29, 0.717) is 17.1 Å². The van der Waals surface area contributed by atoms with Crippen LogP contribution in [0.25, 0.3) is 0 Å². The number of nitrogens with zero attached hydrogens (tertiary/aromatic N) is 2.